The highest BCUT2D eigenvalue weighted by atomic mass is 35.5. The predicted molar refractivity (Wildman–Crippen MR) is 153 cm³/mol. The number of rotatable bonds is 7. The number of aromatic nitrogens is 1. The molecule has 5 rings (SSSR count). The number of halogens is 4. The van der Waals surface area contributed by atoms with Gasteiger partial charge < -0.3 is 9.72 Å². The molecule has 2 heterocycles. The first-order valence-corrected chi connectivity index (χ1v) is 13.5. The molecule has 1 aromatic heterocycles. The summed E-state index contributed by atoms with van der Waals surface area (Å²) in [5.74, 6) is -6.97. The first kappa shape index (κ1) is 28.4. The Labute approximate surface area is 243 Å². The van der Waals surface area contributed by atoms with E-state index in [4.69, 9.17) is 23.2 Å². The molecule has 1 aliphatic heterocycles. The lowest BCUT2D eigenvalue weighted by atomic mass is 9.91. The van der Waals surface area contributed by atoms with Crippen LogP contribution < -0.4 is 5.56 Å². The number of para-hydroxylation sites is 1. The number of carbonyl (C=O) groups is 2. The molecule has 4 aromatic rings. The third-order valence-corrected chi connectivity index (χ3v) is 7.22. The van der Waals surface area contributed by atoms with E-state index >= 15 is 0 Å². The SMILES string of the molecule is CCOC(=O)C(F)(F)CC(=O)N1N=C(c2c(-c3ccc(Cl)cc3)c3ccccc3[nH]c2=O)CC1c1ccc(Cl)cc1. The molecule has 210 valence electrons. The van der Waals surface area contributed by atoms with Gasteiger partial charge in [0.15, 0.2) is 0 Å². The molecular weight excluding hydrogens is 575 g/mol. The summed E-state index contributed by atoms with van der Waals surface area (Å²) in [5, 5.41) is 7.01. The molecule has 1 atom stereocenters. The number of benzene rings is 3. The van der Waals surface area contributed by atoms with Gasteiger partial charge in [0, 0.05) is 32.9 Å². The number of fused-ring (bicyclic) bond motifs is 1. The van der Waals surface area contributed by atoms with Gasteiger partial charge in [-0.25, -0.2) is 9.80 Å². The highest BCUT2D eigenvalue weighted by Gasteiger charge is 2.46. The fraction of sp³-hybridized carbons (Fsp3) is 0.200. The first-order valence-electron chi connectivity index (χ1n) is 12.7. The van der Waals surface area contributed by atoms with Crippen LogP contribution in [0.3, 0.4) is 0 Å². The van der Waals surface area contributed by atoms with Crippen LogP contribution in [0.15, 0.2) is 82.7 Å². The Kier molecular flexibility index (Phi) is 7.93. The van der Waals surface area contributed by atoms with Crippen molar-refractivity contribution in [2.24, 2.45) is 5.10 Å². The van der Waals surface area contributed by atoms with Crippen molar-refractivity contribution in [2.45, 2.75) is 31.7 Å². The quantitative estimate of drug-likeness (QED) is 0.238. The van der Waals surface area contributed by atoms with Gasteiger partial charge in [-0.05, 0) is 48.4 Å². The molecule has 0 aliphatic carbocycles. The summed E-state index contributed by atoms with van der Waals surface area (Å²) in [7, 11) is 0. The van der Waals surface area contributed by atoms with Gasteiger partial charge in [0.1, 0.15) is 6.42 Å². The molecule has 41 heavy (non-hydrogen) atoms. The number of nitrogens with zero attached hydrogens (tertiary/aromatic N) is 2. The van der Waals surface area contributed by atoms with Gasteiger partial charge in [-0.1, -0.05) is 65.7 Å². The molecule has 0 fully saturated rings. The lowest BCUT2D eigenvalue weighted by Gasteiger charge is -2.24. The van der Waals surface area contributed by atoms with E-state index in [-0.39, 0.29) is 24.3 Å². The van der Waals surface area contributed by atoms with Crippen molar-refractivity contribution in [3.63, 3.8) is 0 Å². The molecule has 0 bridgehead atoms. The van der Waals surface area contributed by atoms with E-state index < -0.39 is 35.8 Å². The Bertz CT molecular complexity index is 1720. The second kappa shape index (κ2) is 11.4. The molecule has 11 heteroatoms. The number of hydrazone groups is 1. The van der Waals surface area contributed by atoms with Crippen molar-refractivity contribution in [2.75, 3.05) is 6.61 Å². The van der Waals surface area contributed by atoms with Crippen molar-refractivity contribution in [3.8, 4) is 11.1 Å². The standard InChI is InChI=1S/C30H23Cl2F2N3O4/c1-2-41-29(40)30(33,34)16-25(38)37-24(17-7-11-19(31)12-8-17)15-23(36-37)27-26(18-9-13-20(32)14-10-18)21-5-3-4-6-22(21)35-28(27)39/h3-14,24H,2,15-16H2,1H3,(H,35,39). The van der Waals surface area contributed by atoms with E-state index in [1.807, 2.05) is 12.1 Å². The summed E-state index contributed by atoms with van der Waals surface area (Å²) in [6, 6.07) is 19.8. The Morgan fingerprint density at radius 3 is 2.29 bits per heavy atom. The van der Waals surface area contributed by atoms with E-state index in [1.54, 1.807) is 60.7 Å². The molecule has 0 radical (unpaired) electrons. The van der Waals surface area contributed by atoms with Gasteiger partial charge in [-0.15, -0.1) is 0 Å². The maximum atomic E-state index is 14.6. The molecule has 0 saturated carbocycles. The lowest BCUT2D eigenvalue weighted by molar-refractivity contribution is -0.175. The lowest BCUT2D eigenvalue weighted by Crippen LogP contribution is -2.38. The molecule has 1 N–H and O–H groups in total. The summed E-state index contributed by atoms with van der Waals surface area (Å²) in [5.41, 5.74) is 2.32. The van der Waals surface area contributed by atoms with Crippen LogP contribution in [0.5, 0.6) is 0 Å². The normalized spacial score (nSPS) is 15.2. The maximum Gasteiger partial charge on any atom is 0.377 e. The summed E-state index contributed by atoms with van der Waals surface area (Å²) >= 11 is 12.2. The number of alkyl halides is 2. The van der Waals surface area contributed by atoms with Crippen LogP contribution in [0.25, 0.3) is 22.0 Å². The van der Waals surface area contributed by atoms with Crippen LogP contribution in [0.4, 0.5) is 8.78 Å². The van der Waals surface area contributed by atoms with E-state index in [9.17, 15) is 23.2 Å². The van der Waals surface area contributed by atoms with Gasteiger partial charge >= 0.3 is 11.9 Å². The number of hydrogen-bond donors (Lipinski definition) is 1. The number of nitrogens with one attached hydrogen (secondary N) is 1. The molecule has 1 unspecified atom stereocenters. The van der Waals surface area contributed by atoms with Crippen molar-refractivity contribution in [3.05, 3.63) is 104 Å². The predicted octanol–water partition coefficient (Wildman–Crippen LogP) is 6.77. The molecule has 3 aromatic carbocycles. The molecular formula is C30H23Cl2F2N3O4. The highest BCUT2D eigenvalue weighted by molar-refractivity contribution is 6.31. The maximum absolute atomic E-state index is 14.6. The van der Waals surface area contributed by atoms with Crippen LogP contribution in [-0.4, -0.2) is 40.1 Å². The summed E-state index contributed by atoms with van der Waals surface area (Å²) in [6.07, 6.45) is -1.41. The van der Waals surface area contributed by atoms with Gasteiger partial charge in [-0.3, -0.25) is 9.59 Å². The monoisotopic (exact) mass is 597 g/mol. The number of pyridine rings is 1. The Hall–Kier alpha value is -4.08. The van der Waals surface area contributed by atoms with Crippen LogP contribution in [-0.2, 0) is 14.3 Å². The van der Waals surface area contributed by atoms with Crippen LogP contribution >= 0.6 is 23.2 Å². The zero-order valence-corrected chi connectivity index (χ0v) is 23.2. The number of carbonyl (C=O) groups excluding carboxylic acids is 2. The number of esters is 1. The fourth-order valence-corrected chi connectivity index (χ4v) is 5.10. The average Bonchev–Trinajstić information content (AvgIpc) is 3.38. The van der Waals surface area contributed by atoms with Gasteiger partial charge in [0.2, 0.25) is 5.91 Å². The summed E-state index contributed by atoms with van der Waals surface area (Å²) in [6.45, 7) is 1.13. The van der Waals surface area contributed by atoms with Crippen molar-refractivity contribution in [1.82, 2.24) is 9.99 Å². The zero-order valence-electron chi connectivity index (χ0n) is 21.7. The first-order chi connectivity index (χ1) is 19.6. The van der Waals surface area contributed by atoms with Crippen molar-refractivity contribution >= 4 is 51.7 Å². The van der Waals surface area contributed by atoms with E-state index in [0.29, 0.717) is 37.6 Å². The minimum Gasteiger partial charge on any atom is -0.462 e. The number of ether oxygens (including phenoxy) is 1. The third kappa shape index (κ3) is 5.73. The smallest absolute Gasteiger partial charge is 0.377 e. The van der Waals surface area contributed by atoms with Crippen molar-refractivity contribution < 1.29 is 23.1 Å². The van der Waals surface area contributed by atoms with E-state index in [0.717, 1.165) is 5.01 Å². The molecule has 1 amide bonds. The number of H-pyrrole nitrogens is 1. The Balaban J connectivity index is 1.66. The highest BCUT2D eigenvalue weighted by Crippen LogP contribution is 2.38. The second-order valence-electron chi connectivity index (χ2n) is 9.41. The molecule has 0 saturated heterocycles. The molecule has 7 nitrogen and oxygen atoms in total. The topological polar surface area (TPSA) is 91.8 Å². The van der Waals surface area contributed by atoms with Crippen LogP contribution in [0.2, 0.25) is 10.0 Å². The number of amides is 1. The number of aromatic amines is 1. The summed E-state index contributed by atoms with van der Waals surface area (Å²) < 4.78 is 33.7. The van der Waals surface area contributed by atoms with E-state index in [1.165, 1.54) is 6.92 Å². The second-order valence-corrected chi connectivity index (χ2v) is 10.3. The zero-order chi connectivity index (χ0) is 29.3. The third-order valence-electron chi connectivity index (χ3n) is 6.71. The fourth-order valence-electron chi connectivity index (χ4n) is 4.85. The van der Waals surface area contributed by atoms with Crippen LogP contribution in [0, 0.1) is 0 Å². The molecule has 1 aliphatic rings. The molecule has 0 spiro atoms. The van der Waals surface area contributed by atoms with E-state index in [2.05, 4.69) is 14.8 Å². The van der Waals surface area contributed by atoms with Gasteiger partial charge in [0.05, 0.1) is 23.9 Å². The van der Waals surface area contributed by atoms with Crippen molar-refractivity contribution in [1.29, 1.82) is 0 Å². The van der Waals surface area contributed by atoms with Gasteiger partial charge in [-0.2, -0.15) is 13.9 Å². The minimum absolute atomic E-state index is 0.0420. The number of hydrogen-bond acceptors (Lipinski definition) is 5. The largest absolute Gasteiger partial charge is 0.462 e. The Morgan fingerprint density at radius 1 is 1.00 bits per heavy atom. The average molecular weight is 598 g/mol. The minimum atomic E-state index is -4.06. The summed E-state index contributed by atoms with van der Waals surface area (Å²) in [4.78, 5) is 41.6. The van der Waals surface area contributed by atoms with Crippen LogP contribution in [0.1, 0.15) is 36.9 Å². The Morgan fingerprint density at radius 2 is 1.63 bits per heavy atom. The van der Waals surface area contributed by atoms with Gasteiger partial charge in [0.25, 0.3) is 5.56 Å².